The van der Waals surface area contributed by atoms with Crippen LogP contribution in [-0.4, -0.2) is 60.8 Å². The lowest BCUT2D eigenvalue weighted by atomic mass is 9.87. The zero-order valence-corrected chi connectivity index (χ0v) is 12.2. The van der Waals surface area contributed by atoms with Gasteiger partial charge in [0.05, 0.1) is 6.10 Å². The monoisotopic (exact) mass is 242 g/mol. The summed E-state index contributed by atoms with van der Waals surface area (Å²) in [5.41, 5.74) is 0.00416. The Morgan fingerprint density at radius 2 is 2.06 bits per heavy atom. The minimum absolute atomic E-state index is 0.00416. The molecule has 17 heavy (non-hydrogen) atoms. The summed E-state index contributed by atoms with van der Waals surface area (Å²) in [6, 6.07) is 0.668. The van der Waals surface area contributed by atoms with Crippen molar-refractivity contribution in [2.24, 2.45) is 5.41 Å². The van der Waals surface area contributed by atoms with Gasteiger partial charge in [0, 0.05) is 19.1 Å². The van der Waals surface area contributed by atoms with Crippen molar-refractivity contribution in [3.8, 4) is 0 Å². The number of nitrogens with zero attached hydrogens (tertiary/aromatic N) is 2. The predicted octanol–water partition coefficient (Wildman–Crippen LogP) is 1.81. The molecule has 1 aliphatic rings. The van der Waals surface area contributed by atoms with Gasteiger partial charge in [-0.2, -0.15) is 0 Å². The molecule has 1 N–H and O–H groups in total. The summed E-state index contributed by atoms with van der Waals surface area (Å²) in [7, 11) is 4.39. The van der Waals surface area contributed by atoms with E-state index < -0.39 is 0 Å². The molecule has 0 saturated carbocycles. The molecule has 102 valence electrons. The molecule has 0 aromatic carbocycles. The van der Waals surface area contributed by atoms with E-state index in [0.29, 0.717) is 6.04 Å². The highest BCUT2D eigenvalue weighted by atomic mass is 16.3. The number of likely N-dealkylation sites (tertiary alicyclic amines) is 1. The van der Waals surface area contributed by atoms with Crippen molar-refractivity contribution in [2.75, 3.05) is 33.7 Å². The quantitative estimate of drug-likeness (QED) is 0.814. The summed E-state index contributed by atoms with van der Waals surface area (Å²) in [6.07, 6.45) is 3.27. The molecule has 1 fully saturated rings. The Hall–Kier alpha value is -0.120. The molecule has 0 spiro atoms. The molecule has 2 unspecified atom stereocenters. The molecule has 3 nitrogen and oxygen atoms in total. The first kappa shape index (κ1) is 14.9. The second-order valence-corrected chi connectivity index (χ2v) is 6.71. The van der Waals surface area contributed by atoms with Gasteiger partial charge >= 0.3 is 0 Å². The Morgan fingerprint density at radius 3 is 2.59 bits per heavy atom. The van der Waals surface area contributed by atoms with Crippen LogP contribution in [0.15, 0.2) is 0 Å². The Balaban J connectivity index is 2.31. The minimum atomic E-state index is -0.203. The van der Waals surface area contributed by atoms with Crippen LogP contribution in [0.4, 0.5) is 0 Å². The Bertz CT molecular complexity index is 225. The summed E-state index contributed by atoms with van der Waals surface area (Å²) in [5.74, 6) is 0. The summed E-state index contributed by atoms with van der Waals surface area (Å²) in [4.78, 5) is 4.83. The van der Waals surface area contributed by atoms with E-state index in [-0.39, 0.29) is 11.5 Å². The molecule has 1 saturated heterocycles. The van der Waals surface area contributed by atoms with Gasteiger partial charge in [-0.1, -0.05) is 20.8 Å². The fourth-order valence-corrected chi connectivity index (χ4v) is 2.44. The average Bonchev–Trinajstić information content (AvgIpc) is 2.24. The molecule has 1 aliphatic heterocycles. The third-order valence-corrected chi connectivity index (χ3v) is 3.98. The summed E-state index contributed by atoms with van der Waals surface area (Å²) < 4.78 is 0. The van der Waals surface area contributed by atoms with Gasteiger partial charge in [-0.3, -0.25) is 0 Å². The highest BCUT2D eigenvalue weighted by Crippen LogP contribution is 2.22. The Morgan fingerprint density at radius 1 is 1.41 bits per heavy atom. The molecule has 0 aromatic heterocycles. The second-order valence-electron chi connectivity index (χ2n) is 6.71. The maximum Gasteiger partial charge on any atom is 0.0600 e. The molecule has 0 aromatic rings. The molecule has 0 amide bonds. The summed E-state index contributed by atoms with van der Waals surface area (Å²) >= 11 is 0. The third-order valence-electron chi connectivity index (χ3n) is 3.98. The van der Waals surface area contributed by atoms with Crippen LogP contribution >= 0.6 is 0 Å². The Labute approximate surface area is 107 Å². The van der Waals surface area contributed by atoms with Crippen molar-refractivity contribution in [2.45, 2.75) is 52.2 Å². The van der Waals surface area contributed by atoms with Crippen molar-refractivity contribution in [3.05, 3.63) is 0 Å². The van der Waals surface area contributed by atoms with Gasteiger partial charge in [0.2, 0.25) is 0 Å². The van der Waals surface area contributed by atoms with Gasteiger partial charge in [-0.15, -0.1) is 0 Å². The van der Waals surface area contributed by atoms with Crippen LogP contribution in [0, 0.1) is 5.41 Å². The molecule has 1 rings (SSSR count). The fraction of sp³-hybridized carbons (Fsp3) is 1.00. The number of piperidine rings is 1. The van der Waals surface area contributed by atoms with E-state index in [1.807, 2.05) is 0 Å². The molecule has 0 bridgehead atoms. The van der Waals surface area contributed by atoms with E-state index in [1.54, 1.807) is 0 Å². The molecule has 2 atom stereocenters. The van der Waals surface area contributed by atoms with Gasteiger partial charge in [0.25, 0.3) is 0 Å². The van der Waals surface area contributed by atoms with E-state index in [4.69, 9.17) is 0 Å². The van der Waals surface area contributed by atoms with E-state index in [2.05, 4.69) is 44.7 Å². The van der Waals surface area contributed by atoms with Gasteiger partial charge in [0.15, 0.2) is 0 Å². The fourth-order valence-electron chi connectivity index (χ4n) is 2.44. The zero-order chi connectivity index (χ0) is 13.1. The maximum absolute atomic E-state index is 10.0. The van der Waals surface area contributed by atoms with Crippen molar-refractivity contribution < 1.29 is 5.11 Å². The lowest BCUT2D eigenvalue weighted by Gasteiger charge is -2.37. The van der Waals surface area contributed by atoms with Crippen LogP contribution in [0.1, 0.15) is 40.0 Å². The molecule has 3 heteroatoms. The van der Waals surface area contributed by atoms with Gasteiger partial charge < -0.3 is 14.9 Å². The lowest BCUT2D eigenvalue weighted by Crippen LogP contribution is -2.46. The van der Waals surface area contributed by atoms with E-state index in [1.165, 1.54) is 25.9 Å². The smallest absolute Gasteiger partial charge is 0.0600 e. The first-order chi connectivity index (χ1) is 7.80. The second kappa shape index (κ2) is 6.17. The van der Waals surface area contributed by atoms with Crippen molar-refractivity contribution in [1.29, 1.82) is 0 Å². The molecular formula is C14H30N2O. The van der Waals surface area contributed by atoms with Crippen LogP contribution < -0.4 is 0 Å². The van der Waals surface area contributed by atoms with Crippen molar-refractivity contribution >= 4 is 0 Å². The normalized spacial score (nSPS) is 25.2. The first-order valence-corrected chi connectivity index (χ1v) is 6.87. The van der Waals surface area contributed by atoms with Crippen LogP contribution in [0.25, 0.3) is 0 Å². The van der Waals surface area contributed by atoms with Crippen LogP contribution in [-0.2, 0) is 0 Å². The molecular weight excluding hydrogens is 212 g/mol. The zero-order valence-electron chi connectivity index (χ0n) is 12.2. The summed E-state index contributed by atoms with van der Waals surface area (Å²) in [5, 5.41) is 10.0. The van der Waals surface area contributed by atoms with Gasteiger partial charge in [-0.25, -0.2) is 0 Å². The van der Waals surface area contributed by atoms with E-state index in [0.717, 1.165) is 13.0 Å². The lowest BCUT2D eigenvalue weighted by molar-refractivity contribution is 0.0389. The van der Waals surface area contributed by atoms with Crippen LogP contribution in [0.2, 0.25) is 0 Å². The number of likely N-dealkylation sites (N-methyl/N-ethyl adjacent to an activating group) is 2. The number of hydrogen-bond acceptors (Lipinski definition) is 3. The maximum atomic E-state index is 10.0. The number of aliphatic hydroxyl groups is 1. The number of hydrogen-bond donors (Lipinski definition) is 1. The van der Waals surface area contributed by atoms with Gasteiger partial charge in [-0.05, 0) is 45.3 Å². The highest BCUT2D eigenvalue weighted by Gasteiger charge is 2.25. The highest BCUT2D eigenvalue weighted by molar-refractivity contribution is 4.79. The molecule has 1 heterocycles. The van der Waals surface area contributed by atoms with Crippen LogP contribution in [0.3, 0.4) is 0 Å². The summed E-state index contributed by atoms with van der Waals surface area (Å²) in [6.45, 7) is 9.71. The minimum Gasteiger partial charge on any atom is -0.393 e. The topological polar surface area (TPSA) is 26.7 Å². The van der Waals surface area contributed by atoms with Gasteiger partial charge in [0.1, 0.15) is 0 Å². The molecule has 0 radical (unpaired) electrons. The predicted molar refractivity (Wildman–Crippen MR) is 73.2 cm³/mol. The van der Waals surface area contributed by atoms with Crippen LogP contribution in [0.5, 0.6) is 0 Å². The largest absolute Gasteiger partial charge is 0.393 e. The van der Waals surface area contributed by atoms with E-state index in [9.17, 15) is 5.11 Å². The SMILES string of the molecule is CN1CCCC(N(C)CCC(O)C(C)(C)C)C1. The van der Waals surface area contributed by atoms with Crippen molar-refractivity contribution in [1.82, 2.24) is 9.80 Å². The van der Waals surface area contributed by atoms with Crippen molar-refractivity contribution in [3.63, 3.8) is 0 Å². The third kappa shape index (κ3) is 4.94. The molecule has 0 aliphatic carbocycles. The first-order valence-electron chi connectivity index (χ1n) is 6.87. The number of aliphatic hydroxyl groups excluding tert-OH is 1. The average molecular weight is 242 g/mol. The Kier molecular flexibility index (Phi) is 5.42. The van der Waals surface area contributed by atoms with E-state index >= 15 is 0 Å². The number of rotatable bonds is 4. The standard InChI is InChI=1S/C14H30N2O/c1-14(2,3)13(17)8-10-16(5)12-7-6-9-15(4)11-12/h12-13,17H,6-11H2,1-5H3.